The number of benzene rings is 1. The van der Waals surface area contributed by atoms with Gasteiger partial charge in [0.2, 0.25) is 0 Å². The Labute approximate surface area is 111 Å². The SMILES string of the molecule is c1ccc(-n2cnc3cnc4c(c32)CCCC4)cc1. The average Bonchev–Trinajstić information content (AvgIpc) is 2.92. The zero-order valence-corrected chi connectivity index (χ0v) is 10.7. The van der Waals surface area contributed by atoms with Crippen LogP contribution in [-0.4, -0.2) is 14.5 Å². The standard InChI is InChI=1S/C16H15N3/c1-2-6-12(7-3-1)19-11-18-15-10-17-14-9-5-4-8-13(14)16(15)19/h1-3,6-7,10-11H,4-5,8-9H2. The first-order valence-electron chi connectivity index (χ1n) is 6.83. The van der Waals surface area contributed by atoms with E-state index >= 15 is 0 Å². The fraction of sp³-hybridized carbons (Fsp3) is 0.250. The van der Waals surface area contributed by atoms with Crippen LogP contribution in [0.25, 0.3) is 16.7 Å². The number of hydrogen-bond donors (Lipinski definition) is 0. The van der Waals surface area contributed by atoms with E-state index in [-0.39, 0.29) is 0 Å². The Bertz CT molecular complexity index is 728. The molecule has 19 heavy (non-hydrogen) atoms. The van der Waals surface area contributed by atoms with E-state index in [2.05, 4.69) is 38.8 Å². The van der Waals surface area contributed by atoms with Gasteiger partial charge in [-0.3, -0.25) is 9.55 Å². The van der Waals surface area contributed by atoms with Gasteiger partial charge in [-0.25, -0.2) is 4.98 Å². The van der Waals surface area contributed by atoms with Gasteiger partial charge in [0.1, 0.15) is 11.8 Å². The van der Waals surface area contributed by atoms with E-state index in [9.17, 15) is 0 Å². The lowest BCUT2D eigenvalue weighted by molar-refractivity contribution is 0.671. The predicted octanol–water partition coefficient (Wildman–Crippen LogP) is 3.30. The minimum Gasteiger partial charge on any atom is -0.298 e. The van der Waals surface area contributed by atoms with Crippen molar-refractivity contribution in [3.05, 3.63) is 54.1 Å². The Hall–Kier alpha value is -2.16. The van der Waals surface area contributed by atoms with Crippen LogP contribution < -0.4 is 0 Å². The molecule has 94 valence electrons. The van der Waals surface area contributed by atoms with Gasteiger partial charge in [-0.05, 0) is 43.4 Å². The molecule has 3 aromatic rings. The van der Waals surface area contributed by atoms with Gasteiger partial charge in [0.25, 0.3) is 0 Å². The molecule has 2 heterocycles. The zero-order chi connectivity index (χ0) is 12.7. The molecule has 0 radical (unpaired) electrons. The van der Waals surface area contributed by atoms with Crippen LogP contribution in [0.1, 0.15) is 24.1 Å². The lowest BCUT2D eigenvalue weighted by Crippen LogP contribution is -2.07. The fourth-order valence-electron chi connectivity index (χ4n) is 2.97. The summed E-state index contributed by atoms with van der Waals surface area (Å²) in [5.41, 5.74) is 6.07. The molecule has 0 spiro atoms. The molecule has 0 saturated carbocycles. The average molecular weight is 249 g/mol. The van der Waals surface area contributed by atoms with Crippen LogP contribution >= 0.6 is 0 Å². The third-order valence-electron chi connectivity index (χ3n) is 3.90. The summed E-state index contributed by atoms with van der Waals surface area (Å²) in [6.07, 6.45) is 8.57. The fourth-order valence-corrected chi connectivity index (χ4v) is 2.97. The Balaban J connectivity index is 2.02. The smallest absolute Gasteiger partial charge is 0.107 e. The monoisotopic (exact) mass is 249 g/mol. The van der Waals surface area contributed by atoms with Crippen molar-refractivity contribution in [2.45, 2.75) is 25.7 Å². The maximum atomic E-state index is 4.58. The van der Waals surface area contributed by atoms with Crippen LogP contribution in [0.4, 0.5) is 0 Å². The van der Waals surface area contributed by atoms with Gasteiger partial charge in [-0.15, -0.1) is 0 Å². The number of para-hydroxylation sites is 1. The van der Waals surface area contributed by atoms with E-state index in [0.717, 1.165) is 18.4 Å². The highest BCUT2D eigenvalue weighted by molar-refractivity contribution is 5.81. The lowest BCUT2D eigenvalue weighted by Gasteiger charge is -2.16. The van der Waals surface area contributed by atoms with Crippen molar-refractivity contribution < 1.29 is 0 Å². The van der Waals surface area contributed by atoms with Gasteiger partial charge >= 0.3 is 0 Å². The quantitative estimate of drug-likeness (QED) is 0.662. The van der Waals surface area contributed by atoms with Gasteiger partial charge in [0, 0.05) is 11.4 Å². The molecule has 1 aromatic carbocycles. The number of hydrogen-bond acceptors (Lipinski definition) is 2. The third kappa shape index (κ3) is 1.65. The predicted molar refractivity (Wildman–Crippen MR) is 75.5 cm³/mol. The first-order valence-corrected chi connectivity index (χ1v) is 6.83. The minimum atomic E-state index is 1.00. The second kappa shape index (κ2) is 4.19. The molecule has 0 bridgehead atoms. The summed E-state index contributed by atoms with van der Waals surface area (Å²) in [4.78, 5) is 9.08. The molecule has 0 saturated heterocycles. The zero-order valence-electron chi connectivity index (χ0n) is 10.7. The number of fused-ring (bicyclic) bond motifs is 3. The van der Waals surface area contributed by atoms with Gasteiger partial charge in [-0.2, -0.15) is 0 Å². The second-order valence-electron chi connectivity index (χ2n) is 5.07. The largest absolute Gasteiger partial charge is 0.298 e. The summed E-state index contributed by atoms with van der Waals surface area (Å²) >= 11 is 0. The summed E-state index contributed by atoms with van der Waals surface area (Å²) in [5.74, 6) is 0. The summed E-state index contributed by atoms with van der Waals surface area (Å²) < 4.78 is 2.20. The molecule has 0 amide bonds. The van der Waals surface area contributed by atoms with Crippen molar-refractivity contribution in [2.24, 2.45) is 0 Å². The summed E-state index contributed by atoms with van der Waals surface area (Å²) in [6, 6.07) is 10.4. The van der Waals surface area contributed by atoms with Gasteiger partial charge in [-0.1, -0.05) is 18.2 Å². The van der Waals surface area contributed by atoms with Gasteiger partial charge in [0.05, 0.1) is 11.7 Å². The van der Waals surface area contributed by atoms with E-state index in [1.807, 2.05) is 18.6 Å². The van der Waals surface area contributed by atoms with Crippen molar-refractivity contribution in [3.63, 3.8) is 0 Å². The molecule has 0 N–H and O–H groups in total. The molecule has 3 heteroatoms. The molecule has 0 atom stereocenters. The minimum absolute atomic E-state index is 1.00. The first kappa shape index (κ1) is 10.7. The highest BCUT2D eigenvalue weighted by Gasteiger charge is 2.17. The number of aromatic nitrogens is 3. The number of pyridine rings is 1. The van der Waals surface area contributed by atoms with Crippen molar-refractivity contribution in [1.82, 2.24) is 14.5 Å². The molecular weight excluding hydrogens is 234 g/mol. The van der Waals surface area contributed by atoms with Crippen molar-refractivity contribution in [2.75, 3.05) is 0 Å². The van der Waals surface area contributed by atoms with Crippen molar-refractivity contribution in [1.29, 1.82) is 0 Å². The van der Waals surface area contributed by atoms with Crippen LogP contribution in [0.5, 0.6) is 0 Å². The van der Waals surface area contributed by atoms with Crippen LogP contribution in [0.15, 0.2) is 42.9 Å². The molecule has 0 fully saturated rings. The molecule has 2 aromatic heterocycles. The van der Waals surface area contributed by atoms with E-state index in [4.69, 9.17) is 0 Å². The Morgan fingerprint density at radius 2 is 1.79 bits per heavy atom. The van der Waals surface area contributed by atoms with Crippen LogP contribution in [0.2, 0.25) is 0 Å². The van der Waals surface area contributed by atoms with Crippen LogP contribution in [0, 0.1) is 0 Å². The maximum Gasteiger partial charge on any atom is 0.107 e. The number of imidazole rings is 1. The molecular formula is C16H15N3. The summed E-state index contributed by atoms with van der Waals surface area (Å²) in [7, 11) is 0. The van der Waals surface area contributed by atoms with Gasteiger partial charge in [0.15, 0.2) is 0 Å². The molecule has 1 aliphatic rings. The van der Waals surface area contributed by atoms with Crippen molar-refractivity contribution >= 4 is 11.0 Å². The number of rotatable bonds is 1. The lowest BCUT2D eigenvalue weighted by atomic mass is 9.95. The Morgan fingerprint density at radius 1 is 0.947 bits per heavy atom. The van der Waals surface area contributed by atoms with E-state index < -0.39 is 0 Å². The first-order chi connectivity index (χ1) is 9.43. The highest BCUT2D eigenvalue weighted by atomic mass is 15.1. The molecule has 0 aliphatic heterocycles. The Morgan fingerprint density at radius 3 is 2.68 bits per heavy atom. The van der Waals surface area contributed by atoms with Crippen LogP contribution in [0.3, 0.4) is 0 Å². The van der Waals surface area contributed by atoms with E-state index in [1.54, 1.807) is 0 Å². The summed E-state index contributed by atoms with van der Waals surface area (Å²) in [5, 5.41) is 0. The normalized spacial score (nSPS) is 14.5. The van der Waals surface area contributed by atoms with E-state index in [1.165, 1.54) is 35.3 Å². The number of nitrogens with zero attached hydrogens (tertiary/aromatic N) is 3. The van der Waals surface area contributed by atoms with Crippen LogP contribution in [-0.2, 0) is 12.8 Å². The molecule has 3 nitrogen and oxygen atoms in total. The third-order valence-corrected chi connectivity index (χ3v) is 3.90. The Kier molecular flexibility index (Phi) is 2.37. The number of aryl methyl sites for hydroxylation is 2. The highest BCUT2D eigenvalue weighted by Crippen LogP contribution is 2.28. The van der Waals surface area contributed by atoms with Gasteiger partial charge < -0.3 is 0 Å². The molecule has 0 unspecified atom stereocenters. The summed E-state index contributed by atoms with van der Waals surface area (Å²) in [6.45, 7) is 0. The maximum absolute atomic E-state index is 4.58. The van der Waals surface area contributed by atoms with E-state index in [0.29, 0.717) is 0 Å². The van der Waals surface area contributed by atoms with Crippen molar-refractivity contribution in [3.8, 4) is 5.69 Å². The molecule has 1 aliphatic carbocycles. The second-order valence-corrected chi connectivity index (χ2v) is 5.07. The topological polar surface area (TPSA) is 30.7 Å². The molecule has 4 rings (SSSR count).